The van der Waals surface area contributed by atoms with Crippen LogP contribution in [-0.2, 0) is 11.3 Å². The number of rotatable bonds is 7. The lowest BCUT2D eigenvalue weighted by atomic mass is 10.0. The highest BCUT2D eigenvalue weighted by Gasteiger charge is 2.21. The van der Waals surface area contributed by atoms with Gasteiger partial charge in [0.25, 0.3) is 5.91 Å². The number of carbonyl (C=O) groups excluding carboxylic acids is 2. The maximum absolute atomic E-state index is 12.5. The molecule has 1 saturated heterocycles. The maximum Gasteiger partial charge on any atom is 0.260 e. The summed E-state index contributed by atoms with van der Waals surface area (Å²) in [5, 5.41) is 0. The maximum atomic E-state index is 12.5. The molecule has 5 nitrogen and oxygen atoms in total. The quantitative estimate of drug-likeness (QED) is 0.554. The molecule has 0 atom stereocenters. The van der Waals surface area contributed by atoms with Crippen molar-refractivity contribution < 1.29 is 14.3 Å². The van der Waals surface area contributed by atoms with Crippen LogP contribution in [0.3, 0.4) is 0 Å². The summed E-state index contributed by atoms with van der Waals surface area (Å²) in [4.78, 5) is 29.2. The normalized spacial score (nSPS) is 14.3. The van der Waals surface area contributed by atoms with E-state index < -0.39 is 0 Å². The fraction of sp³-hybridized carbons (Fsp3) is 0.231. The molecule has 3 aromatic rings. The molecule has 5 heteroatoms. The van der Waals surface area contributed by atoms with E-state index in [1.54, 1.807) is 36.4 Å². The van der Waals surface area contributed by atoms with Gasteiger partial charge >= 0.3 is 0 Å². The first-order valence-corrected chi connectivity index (χ1v) is 10.6. The van der Waals surface area contributed by atoms with Crippen molar-refractivity contribution in [3.05, 3.63) is 102 Å². The number of hydrogen-bond donors (Lipinski definition) is 0. The molecule has 4 rings (SSSR count). The van der Waals surface area contributed by atoms with E-state index in [0.29, 0.717) is 30.0 Å². The highest BCUT2D eigenvalue weighted by atomic mass is 16.5. The van der Waals surface area contributed by atoms with E-state index in [0.717, 1.165) is 19.6 Å². The number of amides is 1. The van der Waals surface area contributed by atoms with Crippen molar-refractivity contribution in [3.8, 4) is 5.75 Å². The molecule has 0 saturated carbocycles. The lowest BCUT2D eigenvalue weighted by Gasteiger charge is -2.34. The lowest BCUT2D eigenvalue weighted by molar-refractivity contribution is -0.135. The molecule has 0 aromatic heterocycles. The molecule has 1 heterocycles. The van der Waals surface area contributed by atoms with Crippen molar-refractivity contribution >= 4 is 11.7 Å². The van der Waals surface area contributed by atoms with Gasteiger partial charge in [-0.1, -0.05) is 60.7 Å². The minimum absolute atomic E-state index is 0.00463. The Morgan fingerprint density at radius 2 is 1.29 bits per heavy atom. The van der Waals surface area contributed by atoms with E-state index in [1.165, 1.54) is 5.56 Å². The smallest absolute Gasteiger partial charge is 0.260 e. The Morgan fingerprint density at radius 1 is 0.710 bits per heavy atom. The summed E-state index contributed by atoms with van der Waals surface area (Å²) in [6.45, 7) is 4.05. The van der Waals surface area contributed by atoms with Crippen LogP contribution in [0, 0.1) is 0 Å². The Bertz CT molecular complexity index is 996. The molecule has 1 amide bonds. The van der Waals surface area contributed by atoms with Gasteiger partial charge in [-0.15, -0.1) is 0 Å². The average molecular weight is 415 g/mol. The van der Waals surface area contributed by atoms with Crippen LogP contribution in [0.15, 0.2) is 84.9 Å². The molecule has 0 bridgehead atoms. The van der Waals surface area contributed by atoms with Gasteiger partial charge in [0.1, 0.15) is 5.75 Å². The summed E-state index contributed by atoms with van der Waals surface area (Å²) < 4.78 is 5.67. The van der Waals surface area contributed by atoms with Gasteiger partial charge in [0.05, 0.1) is 0 Å². The average Bonchev–Trinajstić information content (AvgIpc) is 2.84. The van der Waals surface area contributed by atoms with E-state index in [9.17, 15) is 9.59 Å². The van der Waals surface area contributed by atoms with Crippen molar-refractivity contribution in [1.29, 1.82) is 0 Å². The Hall–Kier alpha value is -3.44. The minimum Gasteiger partial charge on any atom is -0.484 e. The number of nitrogens with zero attached hydrogens (tertiary/aromatic N) is 2. The van der Waals surface area contributed by atoms with E-state index in [1.807, 2.05) is 29.2 Å². The zero-order chi connectivity index (χ0) is 21.5. The second-order valence-corrected chi connectivity index (χ2v) is 7.65. The Kier molecular flexibility index (Phi) is 6.75. The van der Waals surface area contributed by atoms with Crippen LogP contribution in [0.4, 0.5) is 0 Å². The first kappa shape index (κ1) is 20.8. The predicted molar refractivity (Wildman–Crippen MR) is 120 cm³/mol. The number of ketones is 1. The summed E-state index contributed by atoms with van der Waals surface area (Å²) in [6.07, 6.45) is 0. The Labute approximate surface area is 182 Å². The molecule has 0 radical (unpaired) electrons. The summed E-state index contributed by atoms with van der Waals surface area (Å²) in [5.74, 6) is 0.543. The van der Waals surface area contributed by atoms with Crippen LogP contribution in [0.5, 0.6) is 5.75 Å². The number of ether oxygens (including phenoxy) is 1. The van der Waals surface area contributed by atoms with Crippen molar-refractivity contribution in [2.75, 3.05) is 32.8 Å². The first-order valence-electron chi connectivity index (χ1n) is 10.6. The van der Waals surface area contributed by atoms with Crippen molar-refractivity contribution in [2.24, 2.45) is 0 Å². The second-order valence-electron chi connectivity index (χ2n) is 7.65. The van der Waals surface area contributed by atoms with E-state index in [-0.39, 0.29) is 18.3 Å². The standard InChI is InChI=1S/C26H26N2O3/c29-25(28-17-15-27(16-18-28)19-21-7-3-1-4-8-21)20-31-24-13-11-23(12-14-24)26(30)22-9-5-2-6-10-22/h1-14H,15-20H2. The molecule has 1 aliphatic heterocycles. The number of piperazine rings is 1. The number of hydrogen-bond acceptors (Lipinski definition) is 4. The summed E-state index contributed by atoms with van der Waals surface area (Å²) >= 11 is 0. The van der Waals surface area contributed by atoms with Crippen molar-refractivity contribution in [3.63, 3.8) is 0 Å². The number of carbonyl (C=O) groups is 2. The SMILES string of the molecule is O=C(c1ccccc1)c1ccc(OCC(=O)N2CCN(Cc3ccccc3)CC2)cc1. The summed E-state index contributed by atoms with van der Waals surface area (Å²) in [7, 11) is 0. The van der Waals surface area contributed by atoms with Crippen LogP contribution in [0.1, 0.15) is 21.5 Å². The minimum atomic E-state index is -0.0309. The van der Waals surface area contributed by atoms with E-state index >= 15 is 0 Å². The van der Waals surface area contributed by atoms with E-state index in [4.69, 9.17) is 4.74 Å². The monoisotopic (exact) mass is 414 g/mol. The van der Waals surface area contributed by atoms with Crippen molar-refractivity contribution in [1.82, 2.24) is 9.80 Å². The molecule has 1 aliphatic rings. The third kappa shape index (κ3) is 5.58. The summed E-state index contributed by atoms with van der Waals surface area (Å²) in [5.41, 5.74) is 2.54. The van der Waals surface area contributed by atoms with Gasteiger partial charge in [0, 0.05) is 43.9 Å². The molecular formula is C26H26N2O3. The second kappa shape index (κ2) is 10.0. The van der Waals surface area contributed by atoms with Gasteiger partial charge in [0.2, 0.25) is 0 Å². The van der Waals surface area contributed by atoms with Crippen LogP contribution >= 0.6 is 0 Å². The fourth-order valence-electron chi connectivity index (χ4n) is 3.69. The van der Waals surface area contributed by atoms with Crippen molar-refractivity contribution in [2.45, 2.75) is 6.54 Å². The van der Waals surface area contributed by atoms with Gasteiger partial charge < -0.3 is 9.64 Å². The molecule has 158 valence electrons. The van der Waals surface area contributed by atoms with Gasteiger partial charge in [0.15, 0.2) is 12.4 Å². The lowest BCUT2D eigenvalue weighted by Crippen LogP contribution is -2.49. The van der Waals surface area contributed by atoms with Crippen LogP contribution < -0.4 is 4.74 Å². The van der Waals surface area contributed by atoms with Gasteiger partial charge in [-0.2, -0.15) is 0 Å². The van der Waals surface area contributed by atoms with Gasteiger partial charge in [-0.05, 0) is 29.8 Å². The van der Waals surface area contributed by atoms with Crippen LogP contribution in [-0.4, -0.2) is 54.3 Å². The fourth-order valence-corrected chi connectivity index (χ4v) is 3.69. The third-order valence-electron chi connectivity index (χ3n) is 5.49. The van der Waals surface area contributed by atoms with Gasteiger partial charge in [-0.25, -0.2) is 0 Å². The molecule has 0 unspecified atom stereocenters. The predicted octanol–water partition coefficient (Wildman–Crippen LogP) is 3.64. The molecule has 0 N–H and O–H groups in total. The van der Waals surface area contributed by atoms with E-state index in [2.05, 4.69) is 29.2 Å². The largest absolute Gasteiger partial charge is 0.484 e. The summed E-state index contributed by atoms with van der Waals surface area (Å²) in [6, 6.07) is 26.5. The van der Waals surface area contributed by atoms with Crippen LogP contribution in [0.2, 0.25) is 0 Å². The highest BCUT2D eigenvalue weighted by Crippen LogP contribution is 2.16. The zero-order valence-corrected chi connectivity index (χ0v) is 17.4. The zero-order valence-electron chi connectivity index (χ0n) is 17.4. The van der Waals surface area contributed by atoms with Gasteiger partial charge in [-0.3, -0.25) is 14.5 Å². The third-order valence-corrected chi connectivity index (χ3v) is 5.49. The Balaban J connectivity index is 1.23. The Morgan fingerprint density at radius 3 is 1.94 bits per heavy atom. The first-order chi connectivity index (χ1) is 15.2. The molecule has 31 heavy (non-hydrogen) atoms. The molecule has 1 fully saturated rings. The molecule has 3 aromatic carbocycles. The highest BCUT2D eigenvalue weighted by molar-refractivity contribution is 6.08. The topological polar surface area (TPSA) is 49.9 Å². The molecule has 0 aliphatic carbocycles. The molecule has 0 spiro atoms. The van der Waals surface area contributed by atoms with Crippen LogP contribution in [0.25, 0.3) is 0 Å². The number of benzene rings is 3. The molecular weight excluding hydrogens is 388 g/mol.